The Morgan fingerprint density at radius 3 is 2.39 bits per heavy atom. The van der Waals surface area contributed by atoms with E-state index in [1.54, 1.807) is 4.90 Å². The quantitative estimate of drug-likeness (QED) is 0.793. The van der Waals surface area contributed by atoms with Crippen LogP contribution in [-0.4, -0.2) is 38.4 Å². The van der Waals surface area contributed by atoms with Gasteiger partial charge in [0, 0.05) is 30.9 Å². The van der Waals surface area contributed by atoms with Crippen LogP contribution in [0.2, 0.25) is 0 Å². The maximum Gasteiger partial charge on any atom is 0.417 e. The van der Waals surface area contributed by atoms with Gasteiger partial charge in [0.1, 0.15) is 5.82 Å². The number of nitrogens with one attached hydrogen (secondary N) is 1. The Morgan fingerprint density at radius 2 is 1.86 bits per heavy atom. The number of pyridine rings is 1. The number of primary sulfonamides is 1. The zero-order valence-electron chi connectivity index (χ0n) is 14.5. The molecule has 1 unspecified atom stereocenters. The highest BCUT2D eigenvalue weighted by Crippen LogP contribution is 2.29. The Labute approximate surface area is 159 Å². The van der Waals surface area contributed by atoms with E-state index < -0.39 is 21.8 Å². The van der Waals surface area contributed by atoms with E-state index in [-0.39, 0.29) is 22.4 Å². The van der Waals surface area contributed by atoms with Gasteiger partial charge < -0.3 is 10.2 Å². The number of sulfonamides is 1. The van der Waals surface area contributed by atoms with Gasteiger partial charge in [0.25, 0.3) is 5.91 Å². The summed E-state index contributed by atoms with van der Waals surface area (Å²) in [6.07, 6.45) is -3.05. The number of rotatable bonds is 4. The number of carbonyl (C=O) groups is 1. The molecule has 0 saturated carbocycles. The molecule has 3 rings (SSSR count). The molecule has 2 heterocycles. The lowest BCUT2D eigenvalue weighted by molar-refractivity contribution is -0.137. The summed E-state index contributed by atoms with van der Waals surface area (Å²) in [5.41, 5.74) is -0.540. The summed E-state index contributed by atoms with van der Waals surface area (Å²) in [5, 5.41) is 7.84. The molecule has 2 aromatic rings. The maximum atomic E-state index is 12.6. The van der Waals surface area contributed by atoms with Crippen molar-refractivity contribution < 1.29 is 26.4 Å². The van der Waals surface area contributed by atoms with E-state index in [9.17, 15) is 26.4 Å². The first kappa shape index (κ1) is 20.1. The van der Waals surface area contributed by atoms with E-state index in [2.05, 4.69) is 10.3 Å². The predicted molar refractivity (Wildman–Crippen MR) is 95.1 cm³/mol. The normalized spacial score (nSPS) is 17.6. The van der Waals surface area contributed by atoms with E-state index in [4.69, 9.17) is 5.14 Å². The van der Waals surface area contributed by atoms with Gasteiger partial charge in [0.2, 0.25) is 10.0 Å². The molecular weight excluding hydrogens is 397 g/mol. The number of aromatic nitrogens is 1. The molecule has 1 aliphatic rings. The zero-order chi connectivity index (χ0) is 20.5. The fourth-order valence-electron chi connectivity index (χ4n) is 2.89. The molecule has 1 fully saturated rings. The molecule has 1 amide bonds. The minimum atomic E-state index is -4.44. The van der Waals surface area contributed by atoms with Gasteiger partial charge in [-0.1, -0.05) is 0 Å². The van der Waals surface area contributed by atoms with Gasteiger partial charge in [-0.05, 0) is 42.8 Å². The highest BCUT2D eigenvalue weighted by Gasteiger charge is 2.31. The largest absolute Gasteiger partial charge is 0.417 e. The monoisotopic (exact) mass is 414 g/mol. The van der Waals surface area contributed by atoms with Crippen LogP contribution in [0, 0.1) is 0 Å². The second-order valence-electron chi connectivity index (χ2n) is 6.38. The van der Waals surface area contributed by atoms with Crippen LogP contribution >= 0.6 is 0 Å². The van der Waals surface area contributed by atoms with Gasteiger partial charge in [-0.2, -0.15) is 13.2 Å². The number of hydrogen-bond acceptors (Lipinski definition) is 5. The number of halogens is 3. The van der Waals surface area contributed by atoms with Gasteiger partial charge in [0.05, 0.1) is 10.5 Å². The summed E-state index contributed by atoms with van der Waals surface area (Å²) in [4.78, 5) is 17.9. The van der Waals surface area contributed by atoms with Crippen LogP contribution in [0.25, 0.3) is 0 Å². The lowest BCUT2D eigenvalue weighted by atomic mass is 10.2. The number of alkyl halides is 3. The fourth-order valence-corrected chi connectivity index (χ4v) is 3.41. The highest BCUT2D eigenvalue weighted by molar-refractivity contribution is 7.89. The molecule has 0 aliphatic carbocycles. The first-order valence-corrected chi connectivity index (χ1v) is 9.80. The van der Waals surface area contributed by atoms with Gasteiger partial charge in [-0.15, -0.1) is 0 Å². The molecule has 0 spiro atoms. The average Bonchev–Trinajstić information content (AvgIpc) is 3.09. The smallest absolute Gasteiger partial charge is 0.354 e. The number of nitrogens with two attached hydrogens (primary N) is 1. The molecule has 1 aliphatic heterocycles. The van der Waals surface area contributed by atoms with Crippen LogP contribution in [-0.2, 0) is 16.2 Å². The second kappa shape index (κ2) is 7.40. The standard InChI is InChI=1S/C17H17F3N4O3S/c18-17(19,20)12-3-6-15(22-9-12)24-8-7-13(10-24)23-16(25)11-1-4-14(5-2-11)28(21,26)27/h1-6,9,13H,7-8,10H2,(H,23,25)(H2,21,26,27). The summed E-state index contributed by atoms with van der Waals surface area (Å²) < 4.78 is 60.3. The Balaban J connectivity index is 1.60. The van der Waals surface area contributed by atoms with Crippen LogP contribution in [0.5, 0.6) is 0 Å². The number of carbonyl (C=O) groups excluding carboxylic acids is 1. The minimum absolute atomic E-state index is 0.0931. The molecule has 28 heavy (non-hydrogen) atoms. The molecule has 0 radical (unpaired) electrons. The van der Waals surface area contributed by atoms with Gasteiger partial charge in [-0.3, -0.25) is 4.79 Å². The Hall–Kier alpha value is -2.66. The first-order chi connectivity index (χ1) is 13.0. The van der Waals surface area contributed by atoms with Crippen molar-refractivity contribution in [2.45, 2.75) is 23.5 Å². The SMILES string of the molecule is NS(=O)(=O)c1ccc(C(=O)NC2CCN(c3ccc(C(F)(F)F)cn3)C2)cc1. The number of amides is 1. The second-order valence-corrected chi connectivity index (χ2v) is 7.94. The van der Waals surface area contributed by atoms with Crippen molar-refractivity contribution in [3.05, 3.63) is 53.7 Å². The number of benzene rings is 1. The summed E-state index contributed by atoms with van der Waals surface area (Å²) in [6, 6.07) is 7.28. The summed E-state index contributed by atoms with van der Waals surface area (Å²) in [7, 11) is -3.83. The topological polar surface area (TPSA) is 105 Å². The third kappa shape index (κ3) is 4.60. The van der Waals surface area contributed by atoms with E-state index >= 15 is 0 Å². The molecule has 0 bridgehead atoms. The molecule has 7 nitrogen and oxygen atoms in total. The summed E-state index contributed by atoms with van der Waals surface area (Å²) in [5.74, 6) is 0.0236. The molecule has 150 valence electrons. The Bertz CT molecular complexity index is 961. The molecule has 11 heteroatoms. The van der Waals surface area contributed by atoms with E-state index in [0.717, 1.165) is 12.3 Å². The number of anilines is 1. The Kier molecular flexibility index (Phi) is 5.31. The third-order valence-electron chi connectivity index (χ3n) is 4.37. The third-order valence-corrected chi connectivity index (χ3v) is 5.30. The summed E-state index contributed by atoms with van der Waals surface area (Å²) >= 11 is 0. The average molecular weight is 414 g/mol. The summed E-state index contributed by atoms with van der Waals surface area (Å²) in [6.45, 7) is 0.938. The highest BCUT2D eigenvalue weighted by atomic mass is 32.2. The van der Waals surface area contributed by atoms with Crippen LogP contribution in [0.3, 0.4) is 0 Å². The minimum Gasteiger partial charge on any atom is -0.354 e. The van der Waals surface area contributed by atoms with E-state index in [1.165, 1.54) is 30.3 Å². The number of hydrogen-bond donors (Lipinski definition) is 2. The van der Waals surface area contributed by atoms with Crippen molar-refractivity contribution >= 4 is 21.7 Å². The van der Waals surface area contributed by atoms with E-state index in [0.29, 0.717) is 25.3 Å². The van der Waals surface area contributed by atoms with Crippen molar-refractivity contribution in [2.24, 2.45) is 5.14 Å². The van der Waals surface area contributed by atoms with Gasteiger partial charge >= 0.3 is 6.18 Å². The maximum absolute atomic E-state index is 12.6. The van der Waals surface area contributed by atoms with E-state index in [1.807, 2.05) is 0 Å². The van der Waals surface area contributed by atoms with Gasteiger partial charge in [-0.25, -0.2) is 18.5 Å². The van der Waals surface area contributed by atoms with Crippen molar-refractivity contribution in [1.82, 2.24) is 10.3 Å². The molecule has 1 aromatic heterocycles. The van der Waals surface area contributed by atoms with Crippen molar-refractivity contribution in [2.75, 3.05) is 18.0 Å². The van der Waals surface area contributed by atoms with Crippen LogP contribution < -0.4 is 15.4 Å². The molecule has 3 N–H and O–H groups in total. The fraction of sp³-hybridized carbons (Fsp3) is 0.294. The molecule has 1 aromatic carbocycles. The predicted octanol–water partition coefficient (Wildman–Crippen LogP) is 1.76. The van der Waals surface area contributed by atoms with Gasteiger partial charge in [0.15, 0.2) is 0 Å². The van der Waals surface area contributed by atoms with Crippen molar-refractivity contribution in [3.63, 3.8) is 0 Å². The number of nitrogens with zero attached hydrogens (tertiary/aromatic N) is 2. The molecule has 1 saturated heterocycles. The van der Waals surface area contributed by atoms with Crippen LogP contribution in [0.4, 0.5) is 19.0 Å². The van der Waals surface area contributed by atoms with Crippen LogP contribution in [0.15, 0.2) is 47.5 Å². The molecular formula is C17H17F3N4O3S. The lowest BCUT2D eigenvalue weighted by Gasteiger charge is -2.18. The molecule has 1 atom stereocenters. The Morgan fingerprint density at radius 1 is 1.18 bits per heavy atom. The van der Waals surface area contributed by atoms with Crippen LogP contribution in [0.1, 0.15) is 22.3 Å². The van der Waals surface area contributed by atoms with Crippen molar-refractivity contribution in [3.8, 4) is 0 Å². The zero-order valence-corrected chi connectivity index (χ0v) is 15.3. The first-order valence-electron chi connectivity index (χ1n) is 8.26. The van der Waals surface area contributed by atoms with Crippen molar-refractivity contribution in [1.29, 1.82) is 0 Å². The lowest BCUT2D eigenvalue weighted by Crippen LogP contribution is -2.37.